The van der Waals surface area contributed by atoms with Crippen LogP contribution < -0.4 is 10.1 Å². The molecule has 35 heavy (non-hydrogen) atoms. The van der Waals surface area contributed by atoms with E-state index in [0.717, 1.165) is 5.56 Å². The number of amides is 3. The van der Waals surface area contributed by atoms with Crippen LogP contribution in [0.1, 0.15) is 36.7 Å². The third-order valence-corrected chi connectivity index (χ3v) is 6.34. The number of hydrogen-bond acceptors (Lipinski definition) is 5. The van der Waals surface area contributed by atoms with E-state index in [0.29, 0.717) is 30.1 Å². The molecule has 0 bridgehead atoms. The monoisotopic (exact) mass is 481 g/mol. The number of fused-ring (bicyclic) bond motifs is 1. The minimum absolute atomic E-state index is 0.0164. The highest BCUT2D eigenvalue weighted by atomic mass is 16.5. The molecule has 1 aliphatic rings. The molecule has 3 atom stereocenters. The van der Waals surface area contributed by atoms with Crippen molar-refractivity contribution in [2.45, 2.75) is 39.3 Å². The zero-order chi connectivity index (χ0) is 25.5. The molecule has 8 nitrogen and oxygen atoms in total. The highest BCUT2D eigenvalue weighted by Crippen LogP contribution is 2.27. The Morgan fingerprint density at radius 2 is 1.83 bits per heavy atom. The molecular weight excluding hydrogens is 446 g/mol. The number of carbonyl (C=O) groups excluding carboxylic acids is 3. The van der Waals surface area contributed by atoms with Gasteiger partial charge in [0.2, 0.25) is 11.8 Å². The Kier molecular flexibility index (Phi) is 8.87. The van der Waals surface area contributed by atoms with Crippen molar-refractivity contribution < 1.29 is 23.9 Å². The van der Waals surface area contributed by atoms with Crippen LogP contribution in [-0.4, -0.2) is 73.5 Å². The van der Waals surface area contributed by atoms with Gasteiger partial charge in [0, 0.05) is 51.8 Å². The highest BCUT2D eigenvalue weighted by Gasteiger charge is 2.29. The predicted molar refractivity (Wildman–Crippen MR) is 134 cm³/mol. The molecule has 1 heterocycles. The fraction of sp³-hybridized carbons (Fsp3) is 0.444. The standard InChI is InChI=1S/C27H35N3O5/c1-18-15-30(20(3)31)19(2)17-35-24-14-22(28-26(32)13-21-9-7-6-8-10-21)11-12-23(24)27(33)29(4)16-25(18)34-5/h6-12,14,18-19,25H,13,15-17H2,1-5H3,(H,28,32)/t18-,19-,25+/m1/s1. The van der Waals surface area contributed by atoms with Crippen molar-refractivity contribution in [2.75, 3.05) is 39.2 Å². The van der Waals surface area contributed by atoms with Gasteiger partial charge in [-0.2, -0.15) is 0 Å². The van der Waals surface area contributed by atoms with Crippen LogP contribution in [-0.2, 0) is 20.7 Å². The first-order chi connectivity index (χ1) is 16.7. The number of carbonyl (C=O) groups is 3. The van der Waals surface area contributed by atoms with E-state index in [1.807, 2.05) is 44.2 Å². The predicted octanol–water partition coefficient (Wildman–Crippen LogP) is 3.22. The van der Waals surface area contributed by atoms with Gasteiger partial charge in [-0.15, -0.1) is 0 Å². The maximum Gasteiger partial charge on any atom is 0.257 e. The number of ether oxygens (including phenoxy) is 2. The summed E-state index contributed by atoms with van der Waals surface area (Å²) in [5.41, 5.74) is 1.83. The van der Waals surface area contributed by atoms with E-state index in [-0.39, 0.29) is 48.8 Å². The van der Waals surface area contributed by atoms with Crippen LogP contribution in [0.2, 0.25) is 0 Å². The first-order valence-corrected chi connectivity index (χ1v) is 11.9. The summed E-state index contributed by atoms with van der Waals surface area (Å²) in [4.78, 5) is 41.6. The Balaban J connectivity index is 1.88. The SMILES string of the molecule is CO[C@H]1CN(C)C(=O)c2ccc(NC(=O)Cc3ccccc3)cc2OC[C@@H](C)N(C(C)=O)C[C@H]1C. The van der Waals surface area contributed by atoms with Gasteiger partial charge in [-0.25, -0.2) is 0 Å². The Morgan fingerprint density at radius 1 is 1.11 bits per heavy atom. The first-order valence-electron chi connectivity index (χ1n) is 11.9. The van der Waals surface area contributed by atoms with Gasteiger partial charge in [-0.05, 0) is 24.6 Å². The lowest BCUT2D eigenvalue weighted by atomic mass is 10.0. The number of rotatable bonds is 4. The van der Waals surface area contributed by atoms with Gasteiger partial charge in [-0.1, -0.05) is 37.3 Å². The summed E-state index contributed by atoms with van der Waals surface area (Å²) in [6.45, 7) is 6.53. The maximum absolute atomic E-state index is 13.3. The quantitative estimate of drug-likeness (QED) is 0.725. The summed E-state index contributed by atoms with van der Waals surface area (Å²) in [5, 5.41) is 2.88. The van der Waals surface area contributed by atoms with Crippen molar-refractivity contribution >= 4 is 23.4 Å². The van der Waals surface area contributed by atoms with Gasteiger partial charge >= 0.3 is 0 Å². The molecule has 188 valence electrons. The van der Waals surface area contributed by atoms with Gasteiger partial charge in [0.25, 0.3) is 5.91 Å². The number of nitrogens with one attached hydrogen (secondary N) is 1. The van der Waals surface area contributed by atoms with Crippen molar-refractivity contribution in [1.29, 1.82) is 0 Å². The highest BCUT2D eigenvalue weighted by molar-refractivity contribution is 5.98. The van der Waals surface area contributed by atoms with Crippen LogP contribution in [0.3, 0.4) is 0 Å². The van der Waals surface area contributed by atoms with Gasteiger partial charge < -0.3 is 24.6 Å². The number of benzene rings is 2. The van der Waals surface area contributed by atoms with E-state index in [2.05, 4.69) is 5.32 Å². The molecular formula is C27H35N3O5. The molecule has 0 saturated heterocycles. The molecule has 0 radical (unpaired) electrons. The summed E-state index contributed by atoms with van der Waals surface area (Å²) in [5.74, 6) is -0.0414. The Labute approximate surface area is 207 Å². The lowest BCUT2D eigenvalue weighted by molar-refractivity contribution is -0.133. The van der Waals surface area contributed by atoms with Crippen molar-refractivity contribution in [3.63, 3.8) is 0 Å². The van der Waals surface area contributed by atoms with Crippen LogP contribution >= 0.6 is 0 Å². The zero-order valence-electron chi connectivity index (χ0n) is 21.1. The van der Waals surface area contributed by atoms with Crippen molar-refractivity contribution in [3.8, 4) is 5.75 Å². The lowest BCUT2D eigenvalue weighted by Crippen LogP contribution is -2.48. The van der Waals surface area contributed by atoms with E-state index in [1.165, 1.54) is 0 Å². The summed E-state index contributed by atoms with van der Waals surface area (Å²) < 4.78 is 11.8. The summed E-state index contributed by atoms with van der Waals surface area (Å²) >= 11 is 0. The van der Waals surface area contributed by atoms with E-state index >= 15 is 0 Å². The topological polar surface area (TPSA) is 88.2 Å². The number of anilines is 1. The lowest BCUT2D eigenvalue weighted by Gasteiger charge is -2.35. The third-order valence-electron chi connectivity index (χ3n) is 6.34. The van der Waals surface area contributed by atoms with E-state index in [4.69, 9.17) is 9.47 Å². The minimum Gasteiger partial charge on any atom is -0.491 e. The van der Waals surface area contributed by atoms with Gasteiger partial charge in [0.1, 0.15) is 12.4 Å². The molecule has 0 unspecified atom stereocenters. The molecule has 3 rings (SSSR count). The summed E-state index contributed by atoms with van der Waals surface area (Å²) in [7, 11) is 3.34. The van der Waals surface area contributed by atoms with Crippen molar-refractivity contribution in [1.82, 2.24) is 9.80 Å². The average Bonchev–Trinajstić information content (AvgIpc) is 2.83. The van der Waals surface area contributed by atoms with E-state index in [9.17, 15) is 14.4 Å². The first kappa shape index (κ1) is 26.2. The third kappa shape index (κ3) is 6.82. The van der Waals surface area contributed by atoms with Crippen molar-refractivity contribution in [3.05, 3.63) is 59.7 Å². The second-order valence-corrected chi connectivity index (χ2v) is 9.19. The van der Waals surface area contributed by atoms with E-state index in [1.54, 1.807) is 49.1 Å². The van der Waals surface area contributed by atoms with Crippen LogP contribution in [0.25, 0.3) is 0 Å². The number of likely N-dealkylation sites (N-methyl/N-ethyl adjacent to an activating group) is 1. The Bertz CT molecular complexity index is 1040. The molecule has 0 fully saturated rings. The van der Waals surface area contributed by atoms with Gasteiger partial charge in [0.15, 0.2) is 0 Å². The Hall–Kier alpha value is -3.39. The van der Waals surface area contributed by atoms with Crippen LogP contribution in [0.15, 0.2) is 48.5 Å². The number of hydrogen-bond donors (Lipinski definition) is 1. The maximum atomic E-state index is 13.3. The molecule has 1 N–H and O–H groups in total. The molecule has 0 spiro atoms. The Morgan fingerprint density at radius 3 is 2.49 bits per heavy atom. The fourth-order valence-corrected chi connectivity index (χ4v) is 4.27. The molecule has 0 aromatic heterocycles. The second kappa shape index (κ2) is 11.8. The smallest absolute Gasteiger partial charge is 0.257 e. The van der Waals surface area contributed by atoms with Crippen LogP contribution in [0, 0.1) is 5.92 Å². The van der Waals surface area contributed by atoms with Crippen molar-refractivity contribution in [2.24, 2.45) is 5.92 Å². The largest absolute Gasteiger partial charge is 0.491 e. The minimum atomic E-state index is -0.238. The summed E-state index contributed by atoms with van der Waals surface area (Å²) in [6.07, 6.45) is 0.0000990. The molecule has 1 aliphatic heterocycles. The number of methoxy groups -OCH3 is 1. The van der Waals surface area contributed by atoms with Crippen LogP contribution in [0.4, 0.5) is 5.69 Å². The molecule has 2 aromatic carbocycles. The molecule has 3 amide bonds. The normalized spacial score (nSPS) is 21.3. The second-order valence-electron chi connectivity index (χ2n) is 9.19. The van der Waals surface area contributed by atoms with E-state index < -0.39 is 0 Å². The number of nitrogens with zero attached hydrogens (tertiary/aromatic N) is 2. The molecule has 2 aromatic rings. The molecule has 0 aliphatic carbocycles. The summed E-state index contributed by atoms with van der Waals surface area (Å²) in [6, 6.07) is 14.3. The van der Waals surface area contributed by atoms with Gasteiger partial charge in [0.05, 0.1) is 24.1 Å². The molecule has 8 heteroatoms. The fourth-order valence-electron chi connectivity index (χ4n) is 4.27. The molecule has 0 saturated carbocycles. The zero-order valence-corrected chi connectivity index (χ0v) is 21.1. The van der Waals surface area contributed by atoms with Crippen LogP contribution in [0.5, 0.6) is 5.75 Å². The average molecular weight is 482 g/mol. The van der Waals surface area contributed by atoms with Gasteiger partial charge in [-0.3, -0.25) is 14.4 Å².